The highest BCUT2D eigenvalue weighted by molar-refractivity contribution is 5.72. The number of hydrogen-bond acceptors (Lipinski definition) is 5. The molecule has 194 valence electrons. The first kappa shape index (κ1) is 30.0. The fourth-order valence-corrected chi connectivity index (χ4v) is 3.93. The Morgan fingerprint density at radius 3 is 1.76 bits per heavy atom. The fraction of sp³-hybridized carbons (Fsp3) is 0.724. The fourth-order valence-electron chi connectivity index (χ4n) is 3.93. The van der Waals surface area contributed by atoms with Crippen LogP contribution in [0.2, 0.25) is 0 Å². The van der Waals surface area contributed by atoms with Gasteiger partial charge in [-0.25, -0.2) is 0 Å². The van der Waals surface area contributed by atoms with Gasteiger partial charge in [0.1, 0.15) is 12.4 Å². The normalized spacial score (nSPS) is 10.8. The van der Waals surface area contributed by atoms with E-state index in [1.165, 1.54) is 77.0 Å². The zero-order valence-electron chi connectivity index (χ0n) is 21.8. The molecule has 0 N–H and O–H groups in total. The highest BCUT2D eigenvalue weighted by atomic mass is 16.5. The van der Waals surface area contributed by atoms with E-state index in [1.54, 1.807) is 7.11 Å². The number of rotatable bonds is 22. The van der Waals surface area contributed by atoms with Gasteiger partial charge in [-0.2, -0.15) is 0 Å². The first-order valence-corrected chi connectivity index (χ1v) is 13.6. The molecular weight excluding hydrogens is 428 g/mol. The van der Waals surface area contributed by atoms with E-state index >= 15 is 0 Å². The lowest BCUT2D eigenvalue weighted by molar-refractivity contribution is -0.146. The molecule has 0 spiro atoms. The van der Waals surface area contributed by atoms with Gasteiger partial charge in [0.2, 0.25) is 0 Å². The lowest BCUT2D eigenvalue weighted by atomic mass is 10.0. The van der Waals surface area contributed by atoms with Crippen molar-refractivity contribution in [3.8, 4) is 5.75 Å². The quantitative estimate of drug-likeness (QED) is 0.126. The second-order valence-electron chi connectivity index (χ2n) is 9.18. The molecule has 0 amide bonds. The van der Waals surface area contributed by atoms with Crippen LogP contribution in [0.1, 0.15) is 122 Å². The van der Waals surface area contributed by atoms with E-state index in [-0.39, 0.29) is 31.4 Å². The Bertz CT molecular complexity index is 643. The van der Waals surface area contributed by atoms with E-state index in [9.17, 15) is 9.59 Å². The Kier molecular flexibility index (Phi) is 19.0. The molecule has 34 heavy (non-hydrogen) atoms. The summed E-state index contributed by atoms with van der Waals surface area (Å²) < 4.78 is 15.7. The van der Waals surface area contributed by atoms with Gasteiger partial charge in [-0.05, 0) is 30.5 Å². The molecule has 0 saturated carbocycles. The Hall–Kier alpha value is -2.04. The number of carbonyl (C=O) groups excluding carboxylic acids is 2. The molecule has 5 heteroatoms. The van der Waals surface area contributed by atoms with Crippen molar-refractivity contribution in [1.29, 1.82) is 0 Å². The van der Waals surface area contributed by atoms with Gasteiger partial charge in [-0.1, -0.05) is 103 Å². The van der Waals surface area contributed by atoms with Crippen LogP contribution in [0.5, 0.6) is 5.75 Å². The third kappa shape index (κ3) is 17.4. The molecule has 1 aromatic rings. The van der Waals surface area contributed by atoms with Crippen molar-refractivity contribution in [3.63, 3.8) is 0 Å². The molecule has 5 nitrogen and oxygen atoms in total. The average Bonchev–Trinajstić information content (AvgIpc) is 2.85. The summed E-state index contributed by atoms with van der Waals surface area (Å²) in [4.78, 5) is 23.7. The van der Waals surface area contributed by atoms with Crippen LogP contribution >= 0.6 is 0 Å². The molecular formula is C29H48O5. The monoisotopic (exact) mass is 476 g/mol. The summed E-state index contributed by atoms with van der Waals surface area (Å²) in [5.41, 5.74) is 0.875. The summed E-state index contributed by atoms with van der Waals surface area (Å²) in [6.07, 6.45) is 19.3. The topological polar surface area (TPSA) is 61.8 Å². The standard InChI is InChI=1S/C29H48O5/c1-3-4-5-6-7-8-9-10-11-12-13-14-15-16-23-33-28(30)21-18-22-29(31)34-25-26-19-17-20-27(24-26)32-2/h17,19-20,24H,3-16,18,21-23,25H2,1-2H3. The Balaban J connectivity index is 1.86. The minimum Gasteiger partial charge on any atom is -0.497 e. The van der Waals surface area contributed by atoms with Crippen LogP contribution in [0.15, 0.2) is 24.3 Å². The van der Waals surface area contributed by atoms with E-state index < -0.39 is 0 Å². The van der Waals surface area contributed by atoms with Crippen LogP contribution in [-0.2, 0) is 25.7 Å². The molecule has 0 bridgehead atoms. The lowest BCUT2D eigenvalue weighted by Gasteiger charge is -2.07. The van der Waals surface area contributed by atoms with Crippen molar-refractivity contribution in [2.24, 2.45) is 0 Å². The Morgan fingerprint density at radius 1 is 0.676 bits per heavy atom. The van der Waals surface area contributed by atoms with Gasteiger partial charge < -0.3 is 14.2 Å². The molecule has 0 aliphatic rings. The van der Waals surface area contributed by atoms with Gasteiger partial charge in [0.05, 0.1) is 13.7 Å². The highest BCUT2D eigenvalue weighted by Crippen LogP contribution is 2.14. The predicted octanol–water partition coefficient (Wildman–Crippen LogP) is 7.93. The van der Waals surface area contributed by atoms with Crippen molar-refractivity contribution in [3.05, 3.63) is 29.8 Å². The minimum atomic E-state index is -0.303. The van der Waals surface area contributed by atoms with Gasteiger partial charge in [0, 0.05) is 12.8 Å². The van der Waals surface area contributed by atoms with E-state index in [2.05, 4.69) is 6.92 Å². The number of carbonyl (C=O) groups is 2. The average molecular weight is 477 g/mol. The van der Waals surface area contributed by atoms with Crippen LogP contribution in [0.25, 0.3) is 0 Å². The maximum Gasteiger partial charge on any atom is 0.306 e. The Morgan fingerprint density at radius 2 is 1.21 bits per heavy atom. The molecule has 0 aliphatic heterocycles. The largest absolute Gasteiger partial charge is 0.497 e. The van der Waals surface area contributed by atoms with Gasteiger partial charge in [0.25, 0.3) is 0 Å². The maximum absolute atomic E-state index is 11.9. The van der Waals surface area contributed by atoms with Crippen LogP contribution in [0, 0.1) is 0 Å². The number of hydrogen-bond donors (Lipinski definition) is 0. The summed E-state index contributed by atoms with van der Waals surface area (Å²) in [6, 6.07) is 7.41. The van der Waals surface area contributed by atoms with E-state index in [1.807, 2.05) is 24.3 Å². The summed E-state index contributed by atoms with van der Waals surface area (Å²) >= 11 is 0. The summed E-state index contributed by atoms with van der Waals surface area (Å²) in [5.74, 6) is 0.202. The molecule has 0 heterocycles. The van der Waals surface area contributed by atoms with Crippen LogP contribution in [-0.4, -0.2) is 25.7 Å². The third-order valence-electron chi connectivity index (χ3n) is 6.06. The maximum atomic E-state index is 11.9. The van der Waals surface area contributed by atoms with Crippen LogP contribution in [0.3, 0.4) is 0 Å². The third-order valence-corrected chi connectivity index (χ3v) is 6.06. The number of benzene rings is 1. The second kappa shape index (κ2) is 21.5. The number of unbranched alkanes of at least 4 members (excludes halogenated alkanes) is 13. The molecule has 0 unspecified atom stereocenters. The summed E-state index contributed by atoms with van der Waals surface area (Å²) in [5, 5.41) is 0. The first-order chi connectivity index (χ1) is 16.7. The van der Waals surface area contributed by atoms with Crippen LogP contribution in [0.4, 0.5) is 0 Å². The molecule has 0 saturated heterocycles. The smallest absolute Gasteiger partial charge is 0.306 e. The van der Waals surface area contributed by atoms with Gasteiger partial charge in [-0.3, -0.25) is 9.59 Å². The zero-order chi connectivity index (χ0) is 24.7. The van der Waals surface area contributed by atoms with E-state index in [4.69, 9.17) is 14.2 Å². The van der Waals surface area contributed by atoms with E-state index in [0.29, 0.717) is 13.0 Å². The lowest BCUT2D eigenvalue weighted by Crippen LogP contribution is -2.09. The van der Waals surface area contributed by atoms with E-state index in [0.717, 1.165) is 24.2 Å². The molecule has 0 fully saturated rings. The summed E-state index contributed by atoms with van der Waals surface area (Å²) in [7, 11) is 1.60. The number of esters is 2. The number of methoxy groups -OCH3 is 1. The predicted molar refractivity (Wildman–Crippen MR) is 138 cm³/mol. The zero-order valence-corrected chi connectivity index (χ0v) is 21.8. The Labute approximate surface area is 207 Å². The molecule has 0 atom stereocenters. The minimum absolute atomic E-state index is 0.208. The van der Waals surface area contributed by atoms with Crippen molar-refractivity contribution in [1.82, 2.24) is 0 Å². The molecule has 0 aromatic heterocycles. The number of ether oxygens (including phenoxy) is 3. The second-order valence-corrected chi connectivity index (χ2v) is 9.18. The summed E-state index contributed by atoms with van der Waals surface area (Å²) in [6.45, 7) is 2.96. The van der Waals surface area contributed by atoms with Gasteiger partial charge in [-0.15, -0.1) is 0 Å². The SMILES string of the molecule is CCCCCCCCCCCCCCCCOC(=O)CCCC(=O)OCc1cccc(OC)c1. The van der Waals surface area contributed by atoms with Gasteiger partial charge >= 0.3 is 11.9 Å². The first-order valence-electron chi connectivity index (χ1n) is 13.6. The molecule has 0 radical (unpaired) electrons. The molecule has 0 aliphatic carbocycles. The van der Waals surface area contributed by atoms with Crippen molar-refractivity contribution >= 4 is 11.9 Å². The van der Waals surface area contributed by atoms with Crippen molar-refractivity contribution < 1.29 is 23.8 Å². The van der Waals surface area contributed by atoms with Crippen LogP contribution < -0.4 is 4.74 Å². The highest BCUT2D eigenvalue weighted by Gasteiger charge is 2.08. The van der Waals surface area contributed by atoms with Crippen molar-refractivity contribution in [2.75, 3.05) is 13.7 Å². The van der Waals surface area contributed by atoms with Crippen molar-refractivity contribution in [2.45, 2.75) is 123 Å². The molecule has 1 rings (SSSR count). The van der Waals surface area contributed by atoms with Gasteiger partial charge in [0.15, 0.2) is 0 Å². The molecule has 1 aromatic carbocycles.